The average molecular weight is 1040 g/mol. The molecule has 362 valence electrons. The Morgan fingerprint density at radius 2 is 0.416 bits per heavy atom. The van der Waals surface area contributed by atoms with Crippen molar-refractivity contribution in [2.24, 2.45) is 0 Å². The van der Waals surface area contributed by atoms with Crippen molar-refractivity contribution in [3.8, 4) is 44.5 Å². The van der Waals surface area contributed by atoms with Crippen LogP contribution in [0.5, 0.6) is 0 Å². The molecule has 3 aromatic heterocycles. The summed E-state index contributed by atoms with van der Waals surface area (Å²) in [5.41, 5.74) is 21.9. The maximum absolute atomic E-state index is 5.53. The van der Waals surface area contributed by atoms with Crippen LogP contribution in [0.4, 0.5) is 45.5 Å². The number of hydrogen-bond donors (Lipinski definition) is 4. The molecular formula is C68H48N8Zn. The van der Waals surface area contributed by atoms with Gasteiger partial charge in [0.15, 0.2) is 0 Å². The fraction of sp³-hybridized carbons (Fsp3) is 0. The number of aromatic nitrogens is 4. The molecule has 0 atom stereocenters. The molecule has 0 spiro atoms. The molecule has 2 aliphatic heterocycles. The minimum absolute atomic E-state index is 0. The maximum atomic E-state index is 5.53. The van der Waals surface area contributed by atoms with Crippen LogP contribution < -0.4 is 31.2 Å². The van der Waals surface area contributed by atoms with Crippen molar-refractivity contribution in [3.63, 3.8) is 0 Å². The number of anilines is 8. The number of nitrogens with one attached hydrogen (secondary N) is 4. The summed E-state index contributed by atoms with van der Waals surface area (Å²) in [7, 11) is 0. The Labute approximate surface area is 459 Å². The Morgan fingerprint density at radius 1 is 0.221 bits per heavy atom. The molecule has 2 aliphatic rings. The molecule has 8 bridgehead atoms. The van der Waals surface area contributed by atoms with Gasteiger partial charge in [0.05, 0.1) is 22.8 Å². The van der Waals surface area contributed by atoms with E-state index in [2.05, 4.69) is 215 Å². The first-order valence-corrected chi connectivity index (χ1v) is 25.4. The second-order valence-electron chi connectivity index (χ2n) is 18.6. The molecule has 77 heavy (non-hydrogen) atoms. The predicted octanol–water partition coefficient (Wildman–Crippen LogP) is 17.6. The summed E-state index contributed by atoms with van der Waals surface area (Å²) < 4.78 is 0. The summed E-state index contributed by atoms with van der Waals surface area (Å²) in [6.07, 6.45) is 8.44. The third-order valence-electron chi connectivity index (χ3n) is 13.6. The van der Waals surface area contributed by atoms with Crippen LogP contribution >= 0.6 is 0 Å². The first kappa shape index (κ1) is 48.1. The van der Waals surface area contributed by atoms with Gasteiger partial charge in [-0.15, -0.1) is 22.1 Å². The molecule has 11 aromatic rings. The van der Waals surface area contributed by atoms with E-state index in [1.807, 2.05) is 72.8 Å². The Morgan fingerprint density at radius 3 is 0.623 bits per heavy atom. The van der Waals surface area contributed by atoms with Gasteiger partial charge in [0.1, 0.15) is 0 Å². The van der Waals surface area contributed by atoms with Crippen LogP contribution in [-0.2, 0) is 19.5 Å². The molecule has 5 heterocycles. The van der Waals surface area contributed by atoms with Crippen LogP contribution in [-0.4, -0.2) is 9.97 Å². The van der Waals surface area contributed by atoms with E-state index in [4.69, 9.17) is 19.9 Å². The molecule has 8 nitrogen and oxygen atoms in total. The molecule has 13 rings (SSSR count). The number of benzene rings is 8. The number of fused-ring (bicyclic) bond motifs is 8. The van der Waals surface area contributed by atoms with Crippen molar-refractivity contribution in [1.29, 1.82) is 0 Å². The van der Waals surface area contributed by atoms with Gasteiger partial charge < -0.3 is 31.2 Å². The standard InChI is InChI=1S/C68H48N8.Zn/c1-5-13-49(14-6-1)69-53-29-21-45(22-30-53)65-57-37-39-59(73-57)66(46-23-31-54(32-24-46)70-50-15-7-2-8-16-50)61-41-43-63(75-61)68(48-27-35-56(36-28-48)72-52-19-11-4-12-20-52)64-44-42-62(76-64)67(60-40-38-58(65)74-60)47-25-33-55(34-26-47)71-51-17-9-3-10-18-51;/h1-44,69-72H;/q-2;+2. The van der Waals surface area contributed by atoms with Crippen molar-refractivity contribution >= 4 is 91.9 Å². The van der Waals surface area contributed by atoms with E-state index in [1.165, 1.54) is 0 Å². The fourth-order valence-corrected chi connectivity index (χ4v) is 9.90. The third kappa shape index (κ3) is 10.4. The summed E-state index contributed by atoms with van der Waals surface area (Å²) >= 11 is 0. The van der Waals surface area contributed by atoms with Crippen molar-refractivity contribution in [2.75, 3.05) is 21.3 Å². The Balaban J connectivity index is 0.00000596. The van der Waals surface area contributed by atoms with Crippen molar-refractivity contribution in [1.82, 2.24) is 19.9 Å². The molecule has 0 saturated heterocycles. The van der Waals surface area contributed by atoms with Crippen molar-refractivity contribution in [3.05, 3.63) is 265 Å². The molecule has 0 unspecified atom stereocenters. The average Bonchev–Trinajstić information content (AvgIpc) is 4.35. The van der Waals surface area contributed by atoms with E-state index in [0.29, 0.717) is 0 Å². The largest absolute Gasteiger partial charge is 2.00 e. The summed E-state index contributed by atoms with van der Waals surface area (Å²) in [5, 5.41) is 14.2. The molecule has 4 N–H and O–H groups in total. The molecule has 8 aromatic carbocycles. The third-order valence-corrected chi connectivity index (χ3v) is 13.6. The quantitative estimate of drug-likeness (QED) is 0.0898. The van der Waals surface area contributed by atoms with Gasteiger partial charge in [-0.05, 0) is 166 Å². The van der Waals surface area contributed by atoms with Crippen LogP contribution in [0.2, 0.25) is 0 Å². The van der Waals surface area contributed by atoms with Gasteiger partial charge in [0, 0.05) is 45.5 Å². The minimum atomic E-state index is 0. The molecular weight excluding hydrogens is 994 g/mol. The molecule has 0 amide bonds. The summed E-state index contributed by atoms with van der Waals surface area (Å²) in [6.45, 7) is 0. The van der Waals surface area contributed by atoms with E-state index in [0.717, 1.165) is 135 Å². The van der Waals surface area contributed by atoms with Crippen molar-refractivity contribution < 1.29 is 19.5 Å². The van der Waals surface area contributed by atoms with Gasteiger partial charge in [-0.2, -0.15) is 0 Å². The van der Waals surface area contributed by atoms with Crippen LogP contribution in [0.3, 0.4) is 0 Å². The monoisotopic (exact) mass is 1040 g/mol. The number of rotatable bonds is 12. The Hall–Kier alpha value is -9.82. The van der Waals surface area contributed by atoms with E-state index >= 15 is 0 Å². The van der Waals surface area contributed by atoms with E-state index in [-0.39, 0.29) is 19.5 Å². The zero-order chi connectivity index (χ0) is 50.6. The first-order chi connectivity index (χ1) is 37.6. The molecule has 0 fully saturated rings. The van der Waals surface area contributed by atoms with E-state index in [9.17, 15) is 0 Å². The van der Waals surface area contributed by atoms with Crippen LogP contribution in [0.15, 0.2) is 243 Å². The van der Waals surface area contributed by atoms with Gasteiger partial charge >= 0.3 is 19.5 Å². The molecule has 9 heteroatoms. The Kier molecular flexibility index (Phi) is 13.5. The SMILES string of the molecule is C1=Cc2nc1c(-c1ccc(Nc3ccccc3)cc1)c1ccc([n-]1)c(-c1ccc(Nc3ccccc3)cc1)c1nc(c(-c3ccc(Nc4ccccc4)cc3)c3ccc([n-]3)c2-c2ccc(Nc3ccccc3)cc2)C=C1.[Zn+2]. The van der Waals surface area contributed by atoms with Crippen LogP contribution in [0, 0.1) is 0 Å². The van der Waals surface area contributed by atoms with Gasteiger partial charge in [-0.1, -0.05) is 146 Å². The van der Waals surface area contributed by atoms with E-state index < -0.39 is 0 Å². The predicted molar refractivity (Wildman–Crippen MR) is 317 cm³/mol. The van der Waals surface area contributed by atoms with Crippen LogP contribution in [0.1, 0.15) is 22.8 Å². The van der Waals surface area contributed by atoms with Gasteiger partial charge in [0.2, 0.25) is 0 Å². The number of nitrogens with zero attached hydrogens (tertiary/aromatic N) is 4. The normalized spacial score (nSPS) is 11.4. The zero-order valence-electron chi connectivity index (χ0n) is 41.9. The van der Waals surface area contributed by atoms with Gasteiger partial charge in [-0.25, -0.2) is 9.97 Å². The smallest absolute Gasteiger partial charge is 0.657 e. The van der Waals surface area contributed by atoms with Gasteiger partial charge in [0.25, 0.3) is 0 Å². The summed E-state index contributed by atoms with van der Waals surface area (Å²) in [6, 6.07) is 83.3. The Bertz CT molecular complexity index is 3570. The van der Waals surface area contributed by atoms with E-state index in [1.54, 1.807) is 0 Å². The minimum Gasteiger partial charge on any atom is -0.657 e. The fourth-order valence-electron chi connectivity index (χ4n) is 9.90. The van der Waals surface area contributed by atoms with Crippen LogP contribution in [0.25, 0.3) is 90.9 Å². The molecule has 0 aliphatic carbocycles. The number of hydrogen-bond acceptors (Lipinski definition) is 6. The first-order valence-electron chi connectivity index (χ1n) is 25.4. The summed E-state index contributed by atoms with van der Waals surface area (Å²) in [4.78, 5) is 22.1. The number of para-hydroxylation sites is 4. The zero-order valence-corrected chi connectivity index (χ0v) is 44.9. The topological polar surface area (TPSA) is 102 Å². The summed E-state index contributed by atoms with van der Waals surface area (Å²) in [5.74, 6) is 0. The molecule has 0 radical (unpaired) electrons. The second-order valence-corrected chi connectivity index (χ2v) is 18.6. The second kappa shape index (κ2) is 21.6. The maximum Gasteiger partial charge on any atom is 2.00 e. The van der Waals surface area contributed by atoms with Gasteiger partial charge in [-0.3, -0.25) is 0 Å². The van der Waals surface area contributed by atoms with Crippen molar-refractivity contribution in [2.45, 2.75) is 0 Å². The molecule has 0 saturated carbocycles.